The average molecular weight is 335 g/mol. The third-order valence-electron chi connectivity index (χ3n) is 3.30. The van der Waals surface area contributed by atoms with E-state index in [0.717, 1.165) is 26.7 Å². The Kier molecular flexibility index (Phi) is 5.35. The van der Waals surface area contributed by atoms with Crippen LogP contribution in [-0.4, -0.2) is 31.8 Å². The third-order valence-corrected chi connectivity index (χ3v) is 4.77. The largest absolute Gasteiger partial charge is 0.439 e. The highest BCUT2D eigenvalue weighted by Crippen LogP contribution is 2.24. The molecule has 0 atom stereocenters. The summed E-state index contributed by atoms with van der Waals surface area (Å²) in [5.41, 5.74) is 2.89. The lowest BCUT2D eigenvalue weighted by atomic mass is 10.1. The van der Waals surface area contributed by atoms with Crippen LogP contribution in [0.4, 0.5) is 0 Å². The Hall–Kier alpha value is -1.96. The molecule has 0 aliphatic carbocycles. The van der Waals surface area contributed by atoms with Gasteiger partial charge in [0.1, 0.15) is 5.75 Å². The van der Waals surface area contributed by atoms with Crippen LogP contribution in [0.25, 0.3) is 0 Å². The van der Waals surface area contributed by atoms with Crippen LogP contribution < -0.4 is 9.46 Å². The topological polar surface area (TPSA) is 71.5 Å². The molecular weight excluding hydrogens is 314 g/mol. The van der Waals surface area contributed by atoms with Crippen molar-refractivity contribution in [1.82, 2.24) is 14.0 Å². The van der Waals surface area contributed by atoms with E-state index in [1.165, 1.54) is 14.1 Å². The van der Waals surface area contributed by atoms with Crippen LogP contribution in [0.15, 0.2) is 36.5 Å². The maximum Gasteiger partial charge on any atom is 0.279 e. The van der Waals surface area contributed by atoms with Crippen LogP contribution in [0, 0.1) is 13.8 Å². The lowest BCUT2D eigenvalue weighted by molar-refractivity contribution is 0.458. The highest BCUT2D eigenvalue weighted by atomic mass is 32.2. The number of benzene rings is 1. The van der Waals surface area contributed by atoms with Gasteiger partial charge in [0, 0.05) is 32.9 Å². The molecular formula is C16H21N3O3S. The summed E-state index contributed by atoms with van der Waals surface area (Å²) < 4.78 is 32.7. The van der Waals surface area contributed by atoms with Crippen molar-refractivity contribution in [1.29, 1.82) is 0 Å². The zero-order valence-electron chi connectivity index (χ0n) is 13.7. The summed E-state index contributed by atoms with van der Waals surface area (Å²) >= 11 is 0. The molecule has 0 aliphatic rings. The summed E-state index contributed by atoms with van der Waals surface area (Å²) in [4.78, 5) is 4.22. The smallest absolute Gasteiger partial charge is 0.279 e. The summed E-state index contributed by atoms with van der Waals surface area (Å²) in [6.45, 7) is 4.15. The second-order valence-corrected chi connectivity index (χ2v) is 7.45. The van der Waals surface area contributed by atoms with E-state index in [2.05, 4.69) is 9.71 Å². The van der Waals surface area contributed by atoms with Gasteiger partial charge in [-0.25, -0.2) is 4.98 Å². The van der Waals surface area contributed by atoms with Gasteiger partial charge >= 0.3 is 0 Å². The number of nitrogens with one attached hydrogen (secondary N) is 1. The molecule has 6 nitrogen and oxygen atoms in total. The first-order chi connectivity index (χ1) is 10.8. The molecule has 0 fully saturated rings. The van der Waals surface area contributed by atoms with Crippen molar-refractivity contribution in [3.05, 3.63) is 53.2 Å². The molecule has 0 aliphatic heterocycles. The number of hydrogen-bond acceptors (Lipinski definition) is 4. The molecule has 1 aromatic carbocycles. The van der Waals surface area contributed by atoms with Crippen molar-refractivity contribution in [3.63, 3.8) is 0 Å². The van der Waals surface area contributed by atoms with Gasteiger partial charge < -0.3 is 4.74 Å². The van der Waals surface area contributed by atoms with E-state index < -0.39 is 10.2 Å². The second kappa shape index (κ2) is 7.08. The van der Waals surface area contributed by atoms with E-state index in [9.17, 15) is 8.42 Å². The Morgan fingerprint density at radius 2 is 1.91 bits per heavy atom. The first-order valence-electron chi connectivity index (χ1n) is 7.15. The number of pyridine rings is 1. The first kappa shape index (κ1) is 17.4. The molecule has 0 saturated carbocycles. The Balaban J connectivity index is 2.04. The van der Waals surface area contributed by atoms with Gasteiger partial charge in [0.25, 0.3) is 10.2 Å². The van der Waals surface area contributed by atoms with E-state index in [4.69, 9.17) is 4.74 Å². The molecule has 0 saturated heterocycles. The van der Waals surface area contributed by atoms with Crippen LogP contribution in [0.3, 0.4) is 0 Å². The number of nitrogens with zero attached hydrogens (tertiary/aromatic N) is 2. The molecule has 0 amide bonds. The molecule has 0 bridgehead atoms. The van der Waals surface area contributed by atoms with Crippen molar-refractivity contribution in [3.8, 4) is 11.6 Å². The van der Waals surface area contributed by atoms with E-state index in [1.54, 1.807) is 18.3 Å². The van der Waals surface area contributed by atoms with Crippen LogP contribution in [0.5, 0.6) is 11.6 Å². The van der Waals surface area contributed by atoms with Gasteiger partial charge in [-0.05, 0) is 36.6 Å². The lowest BCUT2D eigenvalue weighted by Crippen LogP contribution is -2.35. The Morgan fingerprint density at radius 3 is 2.52 bits per heavy atom. The van der Waals surface area contributed by atoms with E-state index in [1.807, 2.05) is 32.0 Å². The highest BCUT2D eigenvalue weighted by Gasteiger charge is 2.12. The monoisotopic (exact) mass is 335 g/mol. The van der Waals surface area contributed by atoms with Crippen molar-refractivity contribution in [2.24, 2.45) is 0 Å². The quantitative estimate of drug-likeness (QED) is 0.880. The predicted molar refractivity (Wildman–Crippen MR) is 89.7 cm³/mol. The molecule has 2 rings (SSSR count). The van der Waals surface area contributed by atoms with Crippen molar-refractivity contribution < 1.29 is 13.2 Å². The average Bonchev–Trinajstić information content (AvgIpc) is 2.50. The molecule has 2 aromatic rings. The fourth-order valence-corrected chi connectivity index (χ4v) is 2.42. The van der Waals surface area contributed by atoms with Crippen LogP contribution in [0.1, 0.15) is 16.7 Å². The number of rotatable bonds is 6. The molecule has 7 heteroatoms. The fraction of sp³-hybridized carbons (Fsp3) is 0.312. The van der Waals surface area contributed by atoms with Gasteiger partial charge in [0.05, 0.1) is 0 Å². The summed E-state index contributed by atoms with van der Waals surface area (Å²) in [5.74, 6) is 1.23. The Morgan fingerprint density at radius 1 is 1.17 bits per heavy atom. The van der Waals surface area contributed by atoms with Crippen molar-refractivity contribution in [2.45, 2.75) is 20.4 Å². The van der Waals surface area contributed by atoms with Gasteiger partial charge in [0.15, 0.2) is 0 Å². The lowest BCUT2D eigenvalue weighted by Gasteiger charge is -2.12. The minimum absolute atomic E-state index is 0.178. The van der Waals surface area contributed by atoms with Gasteiger partial charge in [-0.3, -0.25) is 0 Å². The first-order valence-corrected chi connectivity index (χ1v) is 8.59. The third kappa shape index (κ3) is 4.75. The van der Waals surface area contributed by atoms with Crippen LogP contribution in [-0.2, 0) is 16.8 Å². The zero-order valence-corrected chi connectivity index (χ0v) is 14.5. The van der Waals surface area contributed by atoms with Gasteiger partial charge in [0.2, 0.25) is 5.88 Å². The van der Waals surface area contributed by atoms with Gasteiger partial charge in [-0.15, -0.1) is 0 Å². The van der Waals surface area contributed by atoms with Crippen LogP contribution in [0.2, 0.25) is 0 Å². The summed E-state index contributed by atoms with van der Waals surface area (Å²) in [5, 5.41) is 0. The van der Waals surface area contributed by atoms with Crippen LogP contribution >= 0.6 is 0 Å². The van der Waals surface area contributed by atoms with E-state index in [-0.39, 0.29) is 6.54 Å². The number of hydrogen-bond donors (Lipinski definition) is 1. The predicted octanol–water partition coefficient (Wildman–Crippen LogP) is 2.39. The van der Waals surface area contributed by atoms with Crippen molar-refractivity contribution in [2.75, 3.05) is 14.1 Å². The number of aryl methyl sites for hydroxylation is 2. The molecule has 23 heavy (non-hydrogen) atoms. The minimum Gasteiger partial charge on any atom is -0.439 e. The van der Waals surface area contributed by atoms with Crippen molar-refractivity contribution >= 4 is 10.2 Å². The summed E-state index contributed by atoms with van der Waals surface area (Å²) in [6, 6.07) is 9.48. The van der Waals surface area contributed by atoms with Gasteiger partial charge in [-0.1, -0.05) is 18.2 Å². The number of ether oxygens (including phenoxy) is 1. The molecule has 0 unspecified atom stereocenters. The Labute approximate surface area is 137 Å². The molecule has 1 aromatic heterocycles. The summed E-state index contributed by atoms with van der Waals surface area (Å²) in [7, 11) is -0.493. The van der Waals surface area contributed by atoms with E-state index in [0.29, 0.717) is 5.88 Å². The standard InChI is InChI=1S/C16H21N3O3S/c1-12-5-6-13(2)15(9-12)22-16-8-7-14(10-17-16)11-18-23(20,21)19(3)4/h5-10,18H,11H2,1-4H3. The number of aromatic nitrogens is 1. The Bertz CT molecular complexity index is 772. The van der Waals surface area contributed by atoms with E-state index >= 15 is 0 Å². The fourth-order valence-electron chi connectivity index (χ4n) is 1.81. The maximum absolute atomic E-state index is 11.7. The summed E-state index contributed by atoms with van der Waals surface area (Å²) in [6.07, 6.45) is 1.60. The normalized spacial score (nSPS) is 11.7. The molecule has 1 heterocycles. The zero-order chi connectivity index (χ0) is 17.0. The minimum atomic E-state index is -3.44. The SMILES string of the molecule is Cc1ccc(C)c(Oc2ccc(CNS(=O)(=O)N(C)C)cn2)c1. The molecule has 0 spiro atoms. The molecule has 1 N–H and O–H groups in total. The van der Waals surface area contributed by atoms with Gasteiger partial charge in [-0.2, -0.15) is 17.4 Å². The molecule has 0 radical (unpaired) electrons. The highest BCUT2D eigenvalue weighted by molar-refractivity contribution is 7.87. The second-order valence-electron chi connectivity index (χ2n) is 5.48. The molecule has 124 valence electrons. The maximum atomic E-state index is 11.7.